The first kappa shape index (κ1) is 13.2. The number of benzene rings is 1. The molecule has 1 fully saturated rings. The first-order chi connectivity index (χ1) is 9.65. The molecule has 4 nitrogen and oxygen atoms in total. The van der Waals surface area contributed by atoms with Crippen molar-refractivity contribution in [3.63, 3.8) is 0 Å². The van der Waals surface area contributed by atoms with Crippen LogP contribution in [0.1, 0.15) is 41.1 Å². The highest BCUT2D eigenvalue weighted by molar-refractivity contribution is 7.05. The van der Waals surface area contributed by atoms with Gasteiger partial charge in [-0.2, -0.15) is 4.37 Å². The zero-order chi connectivity index (χ0) is 14.1. The van der Waals surface area contributed by atoms with Gasteiger partial charge in [0.15, 0.2) is 0 Å². The third-order valence-corrected chi connectivity index (χ3v) is 4.22. The minimum atomic E-state index is -0.994. The van der Waals surface area contributed by atoms with Gasteiger partial charge in [0, 0.05) is 5.92 Å². The molecular formula is C14H13FN2O2S. The average molecular weight is 292 g/mol. The SMILES string of the molecule is O=C(O)C(Cc1ccccc1F)c1nc(C2CC2)ns1. The number of hydrogen-bond donors (Lipinski definition) is 1. The Morgan fingerprint density at radius 3 is 2.85 bits per heavy atom. The number of aliphatic carboxylic acids is 1. The number of aromatic nitrogens is 2. The summed E-state index contributed by atoms with van der Waals surface area (Å²) < 4.78 is 17.9. The molecule has 6 heteroatoms. The molecule has 0 radical (unpaired) electrons. The number of nitrogens with zero attached hydrogens (tertiary/aromatic N) is 2. The van der Waals surface area contributed by atoms with E-state index in [1.54, 1.807) is 18.2 Å². The van der Waals surface area contributed by atoms with Crippen molar-refractivity contribution in [1.82, 2.24) is 9.36 Å². The molecule has 0 bridgehead atoms. The van der Waals surface area contributed by atoms with Gasteiger partial charge in [-0.05, 0) is 42.4 Å². The highest BCUT2D eigenvalue weighted by Gasteiger charge is 2.31. The van der Waals surface area contributed by atoms with E-state index in [-0.39, 0.29) is 12.2 Å². The van der Waals surface area contributed by atoms with Crippen LogP contribution >= 0.6 is 11.5 Å². The monoisotopic (exact) mass is 292 g/mol. The number of carbonyl (C=O) groups is 1. The summed E-state index contributed by atoms with van der Waals surface area (Å²) in [6.07, 6.45) is 2.24. The zero-order valence-corrected chi connectivity index (χ0v) is 11.4. The second-order valence-corrected chi connectivity index (χ2v) is 5.73. The van der Waals surface area contributed by atoms with Crippen LogP contribution in [0.15, 0.2) is 24.3 Å². The topological polar surface area (TPSA) is 63.1 Å². The third kappa shape index (κ3) is 2.70. The molecule has 1 N–H and O–H groups in total. The Labute approximate surface area is 119 Å². The molecule has 0 saturated heterocycles. The van der Waals surface area contributed by atoms with Crippen LogP contribution in [0.4, 0.5) is 4.39 Å². The molecule has 1 aromatic heterocycles. The van der Waals surface area contributed by atoms with Crippen molar-refractivity contribution in [2.45, 2.75) is 31.1 Å². The molecule has 1 saturated carbocycles. The van der Waals surface area contributed by atoms with Crippen molar-refractivity contribution in [2.24, 2.45) is 0 Å². The summed E-state index contributed by atoms with van der Waals surface area (Å²) in [7, 11) is 0. The molecule has 20 heavy (non-hydrogen) atoms. The molecule has 2 aromatic rings. The van der Waals surface area contributed by atoms with Crippen molar-refractivity contribution in [2.75, 3.05) is 0 Å². The van der Waals surface area contributed by atoms with Crippen molar-refractivity contribution < 1.29 is 14.3 Å². The van der Waals surface area contributed by atoms with Gasteiger partial charge < -0.3 is 5.11 Å². The molecule has 1 heterocycles. The van der Waals surface area contributed by atoms with Crippen molar-refractivity contribution in [3.8, 4) is 0 Å². The van der Waals surface area contributed by atoms with Gasteiger partial charge in [-0.1, -0.05) is 18.2 Å². The van der Waals surface area contributed by atoms with E-state index in [0.717, 1.165) is 30.2 Å². The van der Waals surface area contributed by atoms with Gasteiger partial charge in [0.25, 0.3) is 0 Å². The van der Waals surface area contributed by atoms with E-state index in [9.17, 15) is 14.3 Å². The molecule has 1 aromatic carbocycles. The summed E-state index contributed by atoms with van der Waals surface area (Å²) in [5.41, 5.74) is 0.392. The average Bonchev–Trinajstić information content (AvgIpc) is 3.16. The molecule has 1 aliphatic carbocycles. The lowest BCUT2D eigenvalue weighted by Crippen LogP contribution is -2.15. The maximum absolute atomic E-state index is 13.6. The predicted octanol–water partition coefficient (Wildman–Crippen LogP) is 2.97. The van der Waals surface area contributed by atoms with Crippen LogP contribution in [0.3, 0.4) is 0 Å². The molecule has 0 amide bonds. The lowest BCUT2D eigenvalue weighted by atomic mass is 9.99. The van der Waals surface area contributed by atoms with Crippen LogP contribution in [0.2, 0.25) is 0 Å². The Morgan fingerprint density at radius 2 is 2.20 bits per heavy atom. The molecule has 1 atom stereocenters. The van der Waals surface area contributed by atoms with Crippen LogP contribution in [0.5, 0.6) is 0 Å². The summed E-state index contributed by atoms with van der Waals surface area (Å²) in [6.45, 7) is 0. The second-order valence-electron chi connectivity index (χ2n) is 4.95. The minimum Gasteiger partial charge on any atom is -0.481 e. The number of hydrogen-bond acceptors (Lipinski definition) is 4. The summed E-state index contributed by atoms with van der Waals surface area (Å²) in [5.74, 6) is -1.08. The molecule has 104 valence electrons. The molecular weight excluding hydrogens is 279 g/mol. The first-order valence-electron chi connectivity index (χ1n) is 6.45. The zero-order valence-electron chi connectivity index (χ0n) is 10.6. The third-order valence-electron chi connectivity index (χ3n) is 3.38. The van der Waals surface area contributed by atoms with Gasteiger partial charge >= 0.3 is 5.97 Å². The number of halogens is 1. The van der Waals surface area contributed by atoms with Gasteiger partial charge in [0.05, 0.1) is 0 Å². The lowest BCUT2D eigenvalue weighted by Gasteiger charge is -2.09. The standard InChI is InChI=1S/C14H13FN2O2S/c15-11-4-2-1-3-9(11)7-10(14(18)19)13-16-12(17-20-13)8-5-6-8/h1-4,8,10H,5-7H2,(H,18,19). The van der Waals surface area contributed by atoms with E-state index in [1.807, 2.05) is 0 Å². The fraction of sp³-hybridized carbons (Fsp3) is 0.357. The summed E-state index contributed by atoms with van der Waals surface area (Å²) in [6, 6.07) is 6.23. The summed E-state index contributed by atoms with van der Waals surface area (Å²) in [5, 5.41) is 9.82. The molecule has 1 aliphatic rings. The van der Waals surface area contributed by atoms with Crippen LogP contribution < -0.4 is 0 Å². The van der Waals surface area contributed by atoms with E-state index in [4.69, 9.17) is 0 Å². The van der Waals surface area contributed by atoms with Crippen LogP contribution in [0.25, 0.3) is 0 Å². The minimum absolute atomic E-state index is 0.0985. The highest BCUT2D eigenvalue weighted by atomic mass is 32.1. The fourth-order valence-electron chi connectivity index (χ4n) is 2.06. The Balaban J connectivity index is 1.84. The molecule has 0 aliphatic heterocycles. The number of rotatable bonds is 5. The maximum Gasteiger partial charge on any atom is 0.313 e. The predicted molar refractivity (Wildman–Crippen MR) is 72.4 cm³/mol. The Morgan fingerprint density at radius 1 is 1.45 bits per heavy atom. The van der Waals surface area contributed by atoms with E-state index in [1.165, 1.54) is 6.07 Å². The maximum atomic E-state index is 13.6. The van der Waals surface area contributed by atoms with Gasteiger partial charge in [0.1, 0.15) is 22.6 Å². The molecule has 0 spiro atoms. The quantitative estimate of drug-likeness (QED) is 0.920. The highest BCUT2D eigenvalue weighted by Crippen LogP contribution is 2.39. The fourth-order valence-corrected chi connectivity index (χ4v) is 2.88. The normalized spacial score (nSPS) is 16.1. The summed E-state index contributed by atoms with van der Waals surface area (Å²) in [4.78, 5) is 15.8. The van der Waals surface area contributed by atoms with Crippen LogP contribution in [-0.4, -0.2) is 20.4 Å². The van der Waals surface area contributed by atoms with Crippen molar-refractivity contribution >= 4 is 17.5 Å². The van der Waals surface area contributed by atoms with Gasteiger partial charge in [0.2, 0.25) is 0 Å². The largest absolute Gasteiger partial charge is 0.481 e. The Kier molecular flexibility index (Phi) is 3.48. The molecule has 3 rings (SSSR count). The van der Waals surface area contributed by atoms with E-state index in [0.29, 0.717) is 16.5 Å². The molecule has 1 unspecified atom stereocenters. The Bertz CT molecular complexity index is 640. The lowest BCUT2D eigenvalue weighted by molar-refractivity contribution is -0.138. The second kappa shape index (κ2) is 5.28. The van der Waals surface area contributed by atoms with E-state index < -0.39 is 11.9 Å². The van der Waals surface area contributed by atoms with Crippen molar-refractivity contribution in [3.05, 3.63) is 46.5 Å². The first-order valence-corrected chi connectivity index (χ1v) is 7.22. The number of carboxylic acids is 1. The Hall–Kier alpha value is -1.82. The van der Waals surface area contributed by atoms with Crippen molar-refractivity contribution in [1.29, 1.82) is 0 Å². The van der Waals surface area contributed by atoms with Crippen LogP contribution in [0, 0.1) is 5.82 Å². The van der Waals surface area contributed by atoms with Gasteiger partial charge in [-0.25, -0.2) is 9.37 Å². The smallest absolute Gasteiger partial charge is 0.313 e. The summed E-state index contributed by atoms with van der Waals surface area (Å²) >= 11 is 1.12. The van der Waals surface area contributed by atoms with Crippen LogP contribution in [-0.2, 0) is 11.2 Å². The van der Waals surface area contributed by atoms with Gasteiger partial charge in [-0.15, -0.1) is 0 Å². The van der Waals surface area contributed by atoms with E-state index in [2.05, 4.69) is 9.36 Å². The number of carboxylic acid groups (broad SMARTS) is 1. The van der Waals surface area contributed by atoms with E-state index >= 15 is 0 Å². The van der Waals surface area contributed by atoms with Gasteiger partial charge in [-0.3, -0.25) is 4.79 Å².